The standard InChI is InChI=1S/C16H25N3O/c1-4-19(11-14-7-9-17-10-8-14)16(20)15-6-5-12(2)18-13(15)3/h5-6,14,17H,4,7-11H2,1-3H3. The first-order chi connectivity index (χ1) is 9.61. The van der Waals surface area contributed by atoms with E-state index in [1.807, 2.05) is 30.9 Å². The minimum absolute atomic E-state index is 0.121. The molecule has 4 nitrogen and oxygen atoms in total. The van der Waals surface area contributed by atoms with Crippen LogP contribution in [0.15, 0.2) is 12.1 Å². The summed E-state index contributed by atoms with van der Waals surface area (Å²) in [6.45, 7) is 9.69. The molecule has 20 heavy (non-hydrogen) atoms. The number of aryl methyl sites for hydroxylation is 2. The van der Waals surface area contributed by atoms with Crippen molar-refractivity contribution < 1.29 is 4.79 Å². The first-order valence-corrected chi connectivity index (χ1v) is 7.56. The van der Waals surface area contributed by atoms with Crippen molar-refractivity contribution in [2.75, 3.05) is 26.2 Å². The third-order valence-electron chi connectivity index (χ3n) is 4.06. The monoisotopic (exact) mass is 275 g/mol. The minimum Gasteiger partial charge on any atom is -0.339 e. The molecule has 1 aliphatic rings. The van der Waals surface area contributed by atoms with Crippen molar-refractivity contribution in [2.45, 2.75) is 33.6 Å². The summed E-state index contributed by atoms with van der Waals surface area (Å²) in [4.78, 5) is 19.0. The second-order valence-electron chi connectivity index (χ2n) is 5.62. The molecule has 1 amide bonds. The van der Waals surface area contributed by atoms with Crippen molar-refractivity contribution in [2.24, 2.45) is 5.92 Å². The highest BCUT2D eigenvalue weighted by Crippen LogP contribution is 2.16. The number of carbonyl (C=O) groups excluding carboxylic acids is 1. The van der Waals surface area contributed by atoms with E-state index in [0.29, 0.717) is 5.92 Å². The molecule has 0 spiro atoms. The van der Waals surface area contributed by atoms with Crippen LogP contribution in [0.25, 0.3) is 0 Å². The van der Waals surface area contributed by atoms with Gasteiger partial charge in [0.15, 0.2) is 0 Å². The van der Waals surface area contributed by atoms with Crippen molar-refractivity contribution in [1.29, 1.82) is 0 Å². The Bertz CT molecular complexity index is 467. The molecule has 0 bridgehead atoms. The van der Waals surface area contributed by atoms with Crippen molar-refractivity contribution in [3.63, 3.8) is 0 Å². The highest BCUT2D eigenvalue weighted by atomic mass is 16.2. The molecule has 1 aromatic rings. The fraction of sp³-hybridized carbons (Fsp3) is 0.625. The number of aromatic nitrogens is 1. The topological polar surface area (TPSA) is 45.2 Å². The van der Waals surface area contributed by atoms with Crippen LogP contribution < -0.4 is 5.32 Å². The van der Waals surface area contributed by atoms with E-state index >= 15 is 0 Å². The Morgan fingerprint density at radius 1 is 1.35 bits per heavy atom. The number of nitrogens with zero attached hydrogens (tertiary/aromatic N) is 2. The summed E-state index contributed by atoms with van der Waals surface area (Å²) in [5, 5.41) is 3.37. The summed E-state index contributed by atoms with van der Waals surface area (Å²) < 4.78 is 0. The molecule has 1 aliphatic heterocycles. The van der Waals surface area contributed by atoms with E-state index in [1.54, 1.807) is 0 Å². The number of hydrogen-bond acceptors (Lipinski definition) is 3. The Hall–Kier alpha value is -1.42. The fourth-order valence-corrected chi connectivity index (χ4v) is 2.81. The van der Waals surface area contributed by atoms with E-state index in [-0.39, 0.29) is 5.91 Å². The molecular weight excluding hydrogens is 250 g/mol. The zero-order valence-electron chi connectivity index (χ0n) is 12.8. The van der Waals surface area contributed by atoms with Gasteiger partial charge in [0.1, 0.15) is 0 Å². The van der Waals surface area contributed by atoms with Crippen LogP contribution in [0.2, 0.25) is 0 Å². The summed E-state index contributed by atoms with van der Waals surface area (Å²) >= 11 is 0. The van der Waals surface area contributed by atoms with Crippen LogP contribution in [0, 0.1) is 19.8 Å². The summed E-state index contributed by atoms with van der Waals surface area (Å²) in [7, 11) is 0. The van der Waals surface area contributed by atoms with E-state index in [2.05, 4.69) is 17.2 Å². The average molecular weight is 275 g/mol. The molecule has 1 fully saturated rings. The van der Waals surface area contributed by atoms with E-state index in [4.69, 9.17) is 0 Å². The molecule has 0 aliphatic carbocycles. The third-order valence-corrected chi connectivity index (χ3v) is 4.06. The second-order valence-corrected chi connectivity index (χ2v) is 5.62. The number of amides is 1. The molecule has 1 aromatic heterocycles. The van der Waals surface area contributed by atoms with Gasteiger partial charge in [-0.2, -0.15) is 0 Å². The zero-order chi connectivity index (χ0) is 14.5. The van der Waals surface area contributed by atoms with Gasteiger partial charge in [-0.25, -0.2) is 0 Å². The summed E-state index contributed by atoms with van der Waals surface area (Å²) in [5.41, 5.74) is 2.53. The van der Waals surface area contributed by atoms with E-state index < -0.39 is 0 Å². The summed E-state index contributed by atoms with van der Waals surface area (Å²) in [6.07, 6.45) is 2.32. The molecule has 2 heterocycles. The summed E-state index contributed by atoms with van der Waals surface area (Å²) in [5.74, 6) is 0.745. The van der Waals surface area contributed by atoms with Gasteiger partial charge in [0.2, 0.25) is 0 Å². The molecule has 0 unspecified atom stereocenters. The quantitative estimate of drug-likeness (QED) is 0.916. The van der Waals surface area contributed by atoms with Crippen LogP contribution in [0.5, 0.6) is 0 Å². The van der Waals surface area contributed by atoms with Crippen LogP contribution in [-0.4, -0.2) is 42.0 Å². The van der Waals surface area contributed by atoms with Crippen LogP contribution in [0.3, 0.4) is 0 Å². The third kappa shape index (κ3) is 3.57. The van der Waals surface area contributed by atoms with Gasteiger partial charge in [-0.3, -0.25) is 9.78 Å². The Morgan fingerprint density at radius 2 is 2.05 bits per heavy atom. The Balaban J connectivity index is 2.07. The number of carbonyl (C=O) groups is 1. The molecule has 110 valence electrons. The maximum Gasteiger partial charge on any atom is 0.255 e. The Labute approximate surface area is 121 Å². The molecule has 4 heteroatoms. The predicted octanol–water partition coefficient (Wildman–Crippen LogP) is 2.16. The predicted molar refractivity (Wildman–Crippen MR) is 80.9 cm³/mol. The normalized spacial score (nSPS) is 16.1. The largest absolute Gasteiger partial charge is 0.339 e. The van der Waals surface area contributed by atoms with Crippen molar-refractivity contribution in [3.05, 3.63) is 29.1 Å². The van der Waals surface area contributed by atoms with Gasteiger partial charge in [0, 0.05) is 18.8 Å². The number of rotatable bonds is 4. The smallest absolute Gasteiger partial charge is 0.255 e. The zero-order valence-corrected chi connectivity index (χ0v) is 12.8. The molecule has 0 saturated carbocycles. The first-order valence-electron chi connectivity index (χ1n) is 7.56. The number of nitrogens with one attached hydrogen (secondary N) is 1. The first kappa shape index (κ1) is 15.0. The molecule has 1 N–H and O–H groups in total. The fourth-order valence-electron chi connectivity index (χ4n) is 2.81. The van der Waals surface area contributed by atoms with E-state index in [1.165, 1.54) is 0 Å². The van der Waals surface area contributed by atoms with Crippen molar-refractivity contribution in [3.8, 4) is 0 Å². The minimum atomic E-state index is 0.121. The van der Waals surface area contributed by atoms with Crippen LogP contribution in [-0.2, 0) is 0 Å². The lowest BCUT2D eigenvalue weighted by molar-refractivity contribution is 0.0725. The van der Waals surface area contributed by atoms with Gasteiger partial charge in [-0.15, -0.1) is 0 Å². The number of piperidine rings is 1. The Kier molecular flexibility index (Phi) is 5.12. The van der Waals surface area contributed by atoms with Crippen LogP contribution in [0.1, 0.15) is 41.5 Å². The van der Waals surface area contributed by atoms with E-state index in [9.17, 15) is 4.79 Å². The lowest BCUT2D eigenvalue weighted by atomic mass is 9.97. The van der Waals surface area contributed by atoms with Crippen molar-refractivity contribution >= 4 is 5.91 Å². The van der Waals surface area contributed by atoms with Crippen molar-refractivity contribution in [1.82, 2.24) is 15.2 Å². The van der Waals surface area contributed by atoms with E-state index in [0.717, 1.165) is 56.0 Å². The highest BCUT2D eigenvalue weighted by molar-refractivity contribution is 5.95. The lowest BCUT2D eigenvalue weighted by Crippen LogP contribution is -2.39. The highest BCUT2D eigenvalue weighted by Gasteiger charge is 2.21. The second kappa shape index (κ2) is 6.84. The molecule has 0 radical (unpaired) electrons. The lowest BCUT2D eigenvalue weighted by Gasteiger charge is -2.29. The maximum atomic E-state index is 12.7. The van der Waals surface area contributed by atoms with Gasteiger partial charge in [-0.05, 0) is 64.8 Å². The number of hydrogen-bond donors (Lipinski definition) is 1. The van der Waals surface area contributed by atoms with Gasteiger partial charge >= 0.3 is 0 Å². The molecule has 0 aromatic carbocycles. The molecular formula is C16H25N3O. The molecule has 0 atom stereocenters. The van der Waals surface area contributed by atoms with Gasteiger partial charge in [0.25, 0.3) is 5.91 Å². The Morgan fingerprint density at radius 3 is 2.65 bits per heavy atom. The SMILES string of the molecule is CCN(CC1CCNCC1)C(=O)c1ccc(C)nc1C. The van der Waals surface area contributed by atoms with Gasteiger partial charge in [-0.1, -0.05) is 0 Å². The van der Waals surface area contributed by atoms with Gasteiger partial charge in [0.05, 0.1) is 11.3 Å². The average Bonchev–Trinajstić information content (AvgIpc) is 2.45. The van der Waals surface area contributed by atoms with Crippen LogP contribution >= 0.6 is 0 Å². The molecule has 1 saturated heterocycles. The van der Waals surface area contributed by atoms with Crippen LogP contribution in [0.4, 0.5) is 0 Å². The number of pyridine rings is 1. The van der Waals surface area contributed by atoms with Gasteiger partial charge < -0.3 is 10.2 Å². The molecule has 2 rings (SSSR count). The summed E-state index contributed by atoms with van der Waals surface area (Å²) in [6, 6.07) is 3.82. The maximum absolute atomic E-state index is 12.7.